The lowest BCUT2D eigenvalue weighted by molar-refractivity contribution is -0.116. The Kier molecular flexibility index (Phi) is 6.74. The molecule has 0 unspecified atom stereocenters. The van der Waals surface area contributed by atoms with Gasteiger partial charge < -0.3 is 14.8 Å². The van der Waals surface area contributed by atoms with Gasteiger partial charge in [0.25, 0.3) is 5.56 Å². The van der Waals surface area contributed by atoms with Gasteiger partial charge in [0.2, 0.25) is 5.91 Å². The van der Waals surface area contributed by atoms with E-state index in [1.165, 1.54) is 4.57 Å². The maximum atomic E-state index is 13.5. The molecule has 6 nitrogen and oxygen atoms in total. The molecule has 0 aliphatic carbocycles. The van der Waals surface area contributed by atoms with Crippen molar-refractivity contribution in [3.05, 3.63) is 100 Å². The number of fused-ring (bicyclic) bond motifs is 1. The van der Waals surface area contributed by atoms with E-state index in [1.54, 1.807) is 20.3 Å². The maximum absolute atomic E-state index is 13.5. The first-order chi connectivity index (χ1) is 16.1. The molecule has 0 aliphatic heterocycles. The zero-order valence-corrected chi connectivity index (χ0v) is 18.7. The highest BCUT2D eigenvalue weighted by atomic mass is 16.5. The molecule has 1 N–H and O–H groups in total. The summed E-state index contributed by atoms with van der Waals surface area (Å²) in [6.07, 6.45) is 1.29. The molecular formula is C27H26N2O4. The lowest BCUT2D eigenvalue weighted by Crippen LogP contribution is -2.30. The Hall–Kier alpha value is -4.06. The van der Waals surface area contributed by atoms with Crippen molar-refractivity contribution < 1.29 is 14.3 Å². The van der Waals surface area contributed by atoms with Gasteiger partial charge in [-0.05, 0) is 42.7 Å². The third-order valence-electron chi connectivity index (χ3n) is 5.56. The number of nitrogens with one attached hydrogen (secondary N) is 1. The Morgan fingerprint density at radius 2 is 1.48 bits per heavy atom. The van der Waals surface area contributed by atoms with Crippen LogP contribution >= 0.6 is 0 Å². The Balaban J connectivity index is 1.74. The minimum Gasteiger partial charge on any atom is -0.493 e. The van der Waals surface area contributed by atoms with Gasteiger partial charge in [0.1, 0.15) is 6.54 Å². The van der Waals surface area contributed by atoms with Crippen LogP contribution in [-0.4, -0.2) is 24.7 Å². The predicted molar refractivity (Wildman–Crippen MR) is 130 cm³/mol. The van der Waals surface area contributed by atoms with Crippen LogP contribution < -0.4 is 20.3 Å². The number of benzene rings is 3. The molecule has 0 saturated carbocycles. The highest BCUT2D eigenvalue weighted by Gasteiger charge is 2.16. The number of hydrogen-bond donors (Lipinski definition) is 1. The highest BCUT2D eigenvalue weighted by molar-refractivity contribution is 5.92. The summed E-state index contributed by atoms with van der Waals surface area (Å²) >= 11 is 0. The Morgan fingerprint density at radius 3 is 2.15 bits per heavy atom. The van der Waals surface area contributed by atoms with Crippen molar-refractivity contribution in [1.82, 2.24) is 4.57 Å². The normalized spacial score (nSPS) is 10.7. The molecule has 0 aliphatic rings. The van der Waals surface area contributed by atoms with Gasteiger partial charge in [-0.25, -0.2) is 0 Å². The number of carbonyl (C=O) groups excluding carboxylic acids is 1. The number of pyridine rings is 1. The third kappa shape index (κ3) is 5.06. The fourth-order valence-corrected chi connectivity index (χ4v) is 3.89. The van der Waals surface area contributed by atoms with Crippen LogP contribution in [0.15, 0.2) is 83.7 Å². The number of aryl methyl sites for hydroxylation is 2. The fourth-order valence-electron chi connectivity index (χ4n) is 3.89. The molecule has 1 aromatic heterocycles. The summed E-state index contributed by atoms with van der Waals surface area (Å²) in [4.78, 5) is 26.3. The van der Waals surface area contributed by atoms with E-state index < -0.39 is 0 Å². The van der Waals surface area contributed by atoms with Crippen LogP contribution in [0.25, 0.3) is 10.9 Å². The second-order valence-electron chi connectivity index (χ2n) is 7.73. The first-order valence-corrected chi connectivity index (χ1v) is 10.8. The summed E-state index contributed by atoms with van der Waals surface area (Å²) < 4.78 is 12.4. The van der Waals surface area contributed by atoms with E-state index in [9.17, 15) is 9.59 Å². The summed E-state index contributed by atoms with van der Waals surface area (Å²) in [5, 5.41) is 3.66. The minimum atomic E-state index is -0.278. The first-order valence-electron chi connectivity index (χ1n) is 10.8. The maximum Gasteiger partial charge on any atom is 0.254 e. The number of carbonyl (C=O) groups is 1. The smallest absolute Gasteiger partial charge is 0.254 e. The molecule has 33 heavy (non-hydrogen) atoms. The van der Waals surface area contributed by atoms with Crippen LogP contribution in [0.3, 0.4) is 0 Å². The fraction of sp³-hybridized carbons (Fsp3) is 0.185. The van der Waals surface area contributed by atoms with Crippen LogP contribution in [0, 0.1) is 0 Å². The molecule has 0 fully saturated rings. The zero-order chi connectivity index (χ0) is 23.2. The van der Waals surface area contributed by atoms with Crippen molar-refractivity contribution in [2.24, 2.45) is 0 Å². The third-order valence-corrected chi connectivity index (χ3v) is 5.56. The molecule has 0 radical (unpaired) electrons. The molecule has 0 saturated heterocycles. The Morgan fingerprint density at radius 1 is 0.848 bits per heavy atom. The molecule has 0 spiro atoms. The second kappa shape index (κ2) is 10.0. The zero-order valence-electron chi connectivity index (χ0n) is 18.7. The Labute approximate surface area is 192 Å². The molecule has 3 aromatic carbocycles. The van der Waals surface area contributed by atoms with Crippen molar-refractivity contribution in [3.63, 3.8) is 0 Å². The number of ether oxygens (including phenoxy) is 2. The molecule has 0 bridgehead atoms. The molecular weight excluding hydrogens is 416 g/mol. The van der Waals surface area contributed by atoms with Crippen molar-refractivity contribution in [3.8, 4) is 11.5 Å². The molecule has 0 atom stereocenters. The van der Waals surface area contributed by atoms with Gasteiger partial charge in [0.15, 0.2) is 11.5 Å². The topological polar surface area (TPSA) is 69.6 Å². The van der Waals surface area contributed by atoms with Crippen LogP contribution in [0.5, 0.6) is 11.5 Å². The first kappa shape index (κ1) is 22.1. The van der Waals surface area contributed by atoms with Crippen LogP contribution in [-0.2, 0) is 24.2 Å². The SMILES string of the molecule is COc1cc2cc(CCc3ccccc3)c(=O)n(CC(=O)Nc3ccccc3)c2cc1OC. The van der Waals surface area contributed by atoms with E-state index in [1.807, 2.05) is 72.8 Å². The van der Waals surface area contributed by atoms with Crippen LogP contribution in [0.4, 0.5) is 5.69 Å². The molecule has 168 valence electrons. The molecule has 1 amide bonds. The molecule has 6 heteroatoms. The van der Waals surface area contributed by atoms with Gasteiger partial charge in [-0.2, -0.15) is 0 Å². The number of para-hydroxylation sites is 1. The van der Waals surface area contributed by atoms with Crippen LogP contribution in [0.1, 0.15) is 11.1 Å². The predicted octanol–water partition coefficient (Wildman–Crippen LogP) is 4.44. The lowest BCUT2D eigenvalue weighted by Gasteiger charge is -2.16. The van der Waals surface area contributed by atoms with E-state index in [-0.39, 0.29) is 18.0 Å². The van der Waals surface area contributed by atoms with E-state index in [0.717, 1.165) is 17.4 Å². The van der Waals surface area contributed by atoms with E-state index in [2.05, 4.69) is 5.32 Å². The molecule has 4 aromatic rings. The molecule has 4 rings (SSSR count). The van der Waals surface area contributed by atoms with Gasteiger partial charge >= 0.3 is 0 Å². The number of methoxy groups -OCH3 is 2. The van der Waals surface area contributed by atoms with Gasteiger partial charge in [-0.1, -0.05) is 48.5 Å². The van der Waals surface area contributed by atoms with Gasteiger partial charge in [-0.3, -0.25) is 14.2 Å². The van der Waals surface area contributed by atoms with Crippen LogP contribution in [0.2, 0.25) is 0 Å². The summed E-state index contributed by atoms with van der Waals surface area (Å²) in [7, 11) is 3.12. The lowest BCUT2D eigenvalue weighted by atomic mass is 10.0. The van der Waals surface area contributed by atoms with Crippen molar-refractivity contribution in [2.45, 2.75) is 19.4 Å². The highest BCUT2D eigenvalue weighted by Crippen LogP contribution is 2.32. The number of amides is 1. The van der Waals surface area contributed by atoms with E-state index in [0.29, 0.717) is 34.7 Å². The summed E-state index contributed by atoms with van der Waals surface area (Å²) in [6, 6.07) is 24.7. The Bertz CT molecular complexity index is 1320. The van der Waals surface area contributed by atoms with Gasteiger partial charge in [0, 0.05) is 22.7 Å². The average Bonchev–Trinajstić information content (AvgIpc) is 2.85. The summed E-state index contributed by atoms with van der Waals surface area (Å²) in [5.41, 5.74) is 2.90. The number of anilines is 1. The number of rotatable bonds is 8. The van der Waals surface area contributed by atoms with Gasteiger partial charge in [0.05, 0.1) is 19.7 Å². The summed E-state index contributed by atoms with van der Waals surface area (Å²) in [6.45, 7) is -0.112. The van der Waals surface area contributed by atoms with Gasteiger partial charge in [-0.15, -0.1) is 0 Å². The average molecular weight is 443 g/mol. The molecule has 1 heterocycles. The van der Waals surface area contributed by atoms with E-state index >= 15 is 0 Å². The largest absolute Gasteiger partial charge is 0.493 e. The van der Waals surface area contributed by atoms with E-state index in [4.69, 9.17) is 9.47 Å². The number of hydrogen-bond acceptors (Lipinski definition) is 4. The van der Waals surface area contributed by atoms with Crippen molar-refractivity contribution in [1.29, 1.82) is 0 Å². The quantitative estimate of drug-likeness (QED) is 0.438. The summed E-state index contributed by atoms with van der Waals surface area (Å²) in [5.74, 6) is 0.788. The standard InChI is InChI=1S/C27H26N2O4/c1-32-24-16-21-15-20(14-13-19-9-5-3-6-10-19)27(31)29(23(21)17-25(24)33-2)18-26(30)28-22-11-7-4-8-12-22/h3-12,15-17H,13-14,18H2,1-2H3,(H,28,30). The minimum absolute atomic E-state index is 0.112. The van der Waals surface area contributed by atoms with Crippen molar-refractivity contribution in [2.75, 3.05) is 19.5 Å². The second-order valence-corrected chi connectivity index (χ2v) is 7.73. The van der Waals surface area contributed by atoms with Crippen molar-refractivity contribution >= 4 is 22.5 Å². The monoisotopic (exact) mass is 442 g/mol. The number of nitrogens with zero attached hydrogens (tertiary/aromatic N) is 1. The number of aromatic nitrogens is 1.